The van der Waals surface area contributed by atoms with Crippen LogP contribution in [0.3, 0.4) is 0 Å². The van der Waals surface area contributed by atoms with E-state index in [4.69, 9.17) is 9.47 Å². The first kappa shape index (κ1) is 18.3. The number of benzene rings is 2. The first-order valence-electron chi connectivity index (χ1n) is 9.18. The number of hydrogen-bond donors (Lipinski definition) is 2. The lowest BCUT2D eigenvalue weighted by molar-refractivity contribution is -0.879. The van der Waals surface area contributed by atoms with Crippen LogP contribution in [-0.4, -0.2) is 32.7 Å². The summed E-state index contributed by atoms with van der Waals surface area (Å²) in [4.78, 5) is 13.4. The molecule has 1 aliphatic heterocycles. The van der Waals surface area contributed by atoms with E-state index in [2.05, 4.69) is 5.32 Å². The van der Waals surface area contributed by atoms with Gasteiger partial charge >= 0.3 is 0 Å². The summed E-state index contributed by atoms with van der Waals surface area (Å²) in [5.41, 5.74) is 2.11. The Morgan fingerprint density at radius 1 is 1.04 bits per heavy atom. The monoisotopic (exact) mass is 355 g/mol. The van der Waals surface area contributed by atoms with Crippen molar-refractivity contribution < 1.29 is 19.2 Å². The minimum atomic E-state index is 0.102. The average molecular weight is 355 g/mol. The van der Waals surface area contributed by atoms with Crippen LogP contribution < -0.4 is 19.7 Å². The molecule has 0 spiro atoms. The smallest absolute Gasteiger partial charge is 0.275 e. The van der Waals surface area contributed by atoms with Crippen molar-refractivity contribution in [3.63, 3.8) is 0 Å². The third-order valence-electron chi connectivity index (χ3n) is 4.68. The Balaban J connectivity index is 1.53. The molecule has 5 heteroatoms. The van der Waals surface area contributed by atoms with Gasteiger partial charge in [0, 0.05) is 19.4 Å². The van der Waals surface area contributed by atoms with Crippen LogP contribution >= 0.6 is 0 Å². The fourth-order valence-corrected chi connectivity index (χ4v) is 3.22. The molecule has 0 unspecified atom stereocenters. The van der Waals surface area contributed by atoms with Gasteiger partial charge in [-0.2, -0.15) is 0 Å². The zero-order chi connectivity index (χ0) is 18.2. The van der Waals surface area contributed by atoms with Crippen LogP contribution in [0, 0.1) is 0 Å². The standard InChI is InChI=1S/C21H26N2O3/c1-25-20-13-18(14-22-21(24)15-23-11-5-6-12-23)9-10-19(20)26-16-17-7-3-2-4-8-17/h2-4,7-10,13H,5-6,11-12,14-16H2,1H3,(H,22,24)/p+1. The summed E-state index contributed by atoms with van der Waals surface area (Å²) in [5.74, 6) is 1.48. The van der Waals surface area contributed by atoms with Crippen molar-refractivity contribution >= 4 is 5.91 Å². The molecule has 26 heavy (non-hydrogen) atoms. The van der Waals surface area contributed by atoms with E-state index in [1.165, 1.54) is 17.7 Å². The molecule has 2 aromatic carbocycles. The summed E-state index contributed by atoms with van der Waals surface area (Å²) < 4.78 is 11.3. The normalized spacial score (nSPS) is 14.2. The van der Waals surface area contributed by atoms with Gasteiger partial charge in [0.25, 0.3) is 5.91 Å². The van der Waals surface area contributed by atoms with Crippen molar-refractivity contribution in [2.24, 2.45) is 0 Å². The number of rotatable bonds is 8. The van der Waals surface area contributed by atoms with Crippen molar-refractivity contribution in [1.82, 2.24) is 5.32 Å². The van der Waals surface area contributed by atoms with Crippen molar-refractivity contribution in [3.8, 4) is 11.5 Å². The molecule has 1 aliphatic rings. The quantitative estimate of drug-likeness (QED) is 0.756. The number of nitrogens with one attached hydrogen (secondary N) is 2. The van der Waals surface area contributed by atoms with E-state index < -0.39 is 0 Å². The van der Waals surface area contributed by atoms with Crippen LogP contribution in [-0.2, 0) is 17.9 Å². The predicted molar refractivity (Wildman–Crippen MR) is 100 cm³/mol. The van der Waals surface area contributed by atoms with Crippen LogP contribution in [0.4, 0.5) is 0 Å². The Morgan fingerprint density at radius 3 is 2.54 bits per heavy atom. The number of hydrogen-bond acceptors (Lipinski definition) is 3. The van der Waals surface area contributed by atoms with Gasteiger partial charge in [-0.05, 0) is 23.3 Å². The molecule has 1 fully saturated rings. The molecular weight excluding hydrogens is 328 g/mol. The predicted octanol–water partition coefficient (Wildman–Crippen LogP) is 1.57. The lowest BCUT2D eigenvalue weighted by Gasteiger charge is -2.14. The third-order valence-corrected chi connectivity index (χ3v) is 4.68. The largest absolute Gasteiger partial charge is 0.493 e. The molecule has 1 heterocycles. The second kappa shape index (κ2) is 9.25. The molecule has 1 saturated heterocycles. The molecule has 0 aromatic heterocycles. The zero-order valence-electron chi connectivity index (χ0n) is 15.3. The van der Waals surface area contributed by atoms with Gasteiger partial charge in [-0.3, -0.25) is 4.79 Å². The van der Waals surface area contributed by atoms with Gasteiger partial charge in [0.05, 0.1) is 20.2 Å². The number of carbonyl (C=O) groups is 1. The van der Waals surface area contributed by atoms with Gasteiger partial charge in [-0.1, -0.05) is 36.4 Å². The lowest BCUT2D eigenvalue weighted by atomic mass is 10.2. The number of quaternary nitrogens is 1. The number of likely N-dealkylation sites (tertiary alicyclic amines) is 1. The number of amides is 1. The van der Waals surface area contributed by atoms with Crippen molar-refractivity contribution in [2.75, 3.05) is 26.7 Å². The molecule has 1 amide bonds. The molecule has 2 aromatic rings. The second-order valence-electron chi connectivity index (χ2n) is 6.67. The molecule has 138 valence electrons. The topological polar surface area (TPSA) is 52.0 Å². The second-order valence-corrected chi connectivity index (χ2v) is 6.67. The van der Waals surface area contributed by atoms with E-state index in [9.17, 15) is 4.79 Å². The molecule has 0 aliphatic carbocycles. The van der Waals surface area contributed by atoms with E-state index in [0.29, 0.717) is 31.2 Å². The first-order valence-corrected chi connectivity index (χ1v) is 9.18. The molecule has 0 saturated carbocycles. The highest BCUT2D eigenvalue weighted by Crippen LogP contribution is 2.28. The van der Waals surface area contributed by atoms with Gasteiger partial charge in [0.1, 0.15) is 6.61 Å². The molecule has 5 nitrogen and oxygen atoms in total. The highest BCUT2D eigenvalue weighted by Gasteiger charge is 2.18. The molecule has 0 atom stereocenters. The van der Waals surface area contributed by atoms with E-state index in [0.717, 1.165) is 24.2 Å². The van der Waals surface area contributed by atoms with Gasteiger partial charge < -0.3 is 19.7 Å². The SMILES string of the molecule is COc1cc(CNC(=O)C[NH+]2CCCC2)ccc1OCc1ccccc1. The maximum absolute atomic E-state index is 12.1. The molecule has 2 N–H and O–H groups in total. The maximum Gasteiger partial charge on any atom is 0.275 e. The summed E-state index contributed by atoms with van der Waals surface area (Å²) in [6.45, 7) is 3.77. The Morgan fingerprint density at radius 2 is 1.81 bits per heavy atom. The Labute approximate surface area is 154 Å². The zero-order valence-corrected chi connectivity index (χ0v) is 15.3. The highest BCUT2D eigenvalue weighted by atomic mass is 16.5. The highest BCUT2D eigenvalue weighted by molar-refractivity contribution is 5.76. The van der Waals surface area contributed by atoms with E-state index in [1.54, 1.807) is 7.11 Å². The van der Waals surface area contributed by atoms with E-state index >= 15 is 0 Å². The Hall–Kier alpha value is -2.53. The number of methoxy groups -OCH3 is 1. The fraction of sp³-hybridized carbons (Fsp3) is 0.381. The van der Waals surface area contributed by atoms with Crippen LogP contribution in [0.15, 0.2) is 48.5 Å². The minimum absolute atomic E-state index is 0.102. The van der Waals surface area contributed by atoms with Crippen LogP contribution in [0.25, 0.3) is 0 Å². The van der Waals surface area contributed by atoms with E-state index in [-0.39, 0.29) is 5.91 Å². The Kier molecular flexibility index (Phi) is 6.50. The summed E-state index contributed by atoms with van der Waals surface area (Å²) in [7, 11) is 1.63. The van der Waals surface area contributed by atoms with Crippen LogP contribution in [0.5, 0.6) is 11.5 Å². The third kappa shape index (κ3) is 5.23. The molecular formula is C21H27N2O3+. The van der Waals surface area contributed by atoms with Crippen molar-refractivity contribution in [2.45, 2.75) is 26.0 Å². The summed E-state index contributed by atoms with van der Waals surface area (Å²) in [6.07, 6.45) is 2.45. The molecule has 0 radical (unpaired) electrons. The fourth-order valence-electron chi connectivity index (χ4n) is 3.22. The van der Waals surface area contributed by atoms with Gasteiger partial charge in [0.15, 0.2) is 18.0 Å². The minimum Gasteiger partial charge on any atom is -0.493 e. The molecule has 3 rings (SSSR count). The summed E-state index contributed by atoms with van der Waals surface area (Å²) in [5, 5.41) is 3.00. The van der Waals surface area contributed by atoms with Gasteiger partial charge in [-0.25, -0.2) is 0 Å². The number of ether oxygens (including phenoxy) is 2. The maximum atomic E-state index is 12.1. The van der Waals surface area contributed by atoms with Crippen LogP contribution in [0.1, 0.15) is 24.0 Å². The number of carbonyl (C=O) groups excluding carboxylic acids is 1. The Bertz CT molecular complexity index is 712. The molecule has 0 bridgehead atoms. The van der Waals surface area contributed by atoms with Gasteiger partial charge in [0.2, 0.25) is 0 Å². The average Bonchev–Trinajstić information content (AvgIpc) is 3.18. The summed E-state index contributed by atoms with van der Waals surface area (Å²) >= 11 is 0. The lowest BCUT2D eigenvalue weighted by Crippen LogP contribution is -3.11. The first-order chi connectivity index (χ1) is 12.7. The van der Waals surface area contributed by atoms with Crippen LogP contribution in [0.2, 0.25) is 0 Å². The van der Waals surface area contributed by atoms with Gasteiger partial charge in [-0.15, -0.1) is 0 Å². The van der Waals surface area contributed by atoms with Crippen molar-refractivity contribution in [1.29, 1.82) is 0 Å². The van der Waals surface area contributed by atoms with E-state index in [1.807, 2.05) is 48.5 Å². The summed E-state index contributed by atoms with van der Waals surface area (Å²) in [6, 6.07) is 15.8. The van der Waals surface area contributed by atoms with Crippen molar-refractivity contribution in [3.05, 3.63) is 59.7 Å².